The molecule has 0 saturated carbocycles. The van der Waals surface area contributed by atoms with Crippen molar-refractivity contribution in [2.45, 2.75) is 32.2 Å². The number of hydrogen-bond donors (Lipinski definition) is 0. The minimum absolute atomic E-state index is 0.00302. The Morgan fingerprint density at radius 1 is 1.04 bits per heavy atom. The summed E-state index contributed by atoms with van der Waals surface area (Å²) in [4.78, 5) is 17.0. The zero-order valence-electron chi connectivity index (χ0n) is 14.8. The summed E-state index contributed by atoms with van der Waals surface area (Å²) in [5.74, 6) is 0.00302. The largest absolute Gasteiger partial charge is 0.335 e. The maximum Gasteiger partial charge on any atom is 0.274 e. The monoisotopic (exact) mass is 370 g/mol. The summed E-state index contributed by atoms with van der Waals surface area (Å²) in [5, 5.41) is 9.29. The number of aromatic nitrogens is 2. The number of carbonyl (C=O) groups is 1. The van der Waals surface area contributed by atoms with Crippen LogP contribution in [0.1, 0.15) is 40.2 Å². The summed E-state index contributed by atoms with van der Waals surface area (Å²) < 4.78 is 0. The van der Waals surface area contributed by atoms with Crippen molar-refractivity contribution in [2.24, 2.45) is 0 Å². The van der Waals surface area contributed by atoms with Crippen molar-refractivity contribution < 1.29 is 4.79 Å². The number of fused-ring (bicyclic) bond motifs is 1. The Kier molecular flexibility index (Phi) is 5.18. The Balaban J connectivity index is 1.37. The van der Waals surface area contributed by atoms with Gasteiger partial charge in [0.1, 0.15) is 0 Å². The normalized spacial score (nSPS) is 17.8. The van der Waals surface area contributed by atoms with Crippen LogP contribution in [0.5, 0.6) is 0 Å². The standard InChI is InChI=1S/C20H23ClN4O/c21-17-7-3-1-6-16(17)14-24-9-11-25(12-10-24)20(26)19-13-15-5-2-4-8-18(15)22-23-19/h1,3,6-7,13H,2,4-5,8-12,14H2. The molecule has 0 radical (unpaired) electrons. The van der Waals surface area contributed by atoms with E-state index in [1.54, 1.807) is 0 Å². The van der Waals surface area contributed by atoms with Crippen LogP contribution in [-0.2, 0) is 19.4 Å². The van der Waals surface area contributed by atoms with Crippen molar-refractivity contribution in [3.63, 3.8) is 0 Å². The average Bonchev–Trinajstić information content (AvgIpc) is 2.69. The van der Waals surface area contributed by atoms with Crippen LogP contribution in [0.2, 0.25) is 5.02 Å². The minimum atomic E-state index is 0.00302. The van der Waals surface area contributed by atoms with Crippen molar-refractivity contribution in [1.29, 1.82) is 0 Å². The van der Waals surface area contributed by atoms with E-state index in [2.05, 4.69) is 21.2 Å². The summed E-state index contributed by atoms with van der Waals surface area (Å²) in [5.41, 5.74) is 3.89. The van der Waals surface area contributed by atoms with Gasteiger partial charge in [0.15, 0.2) is 5.69 Å². The number of rotatable bonds is 3. The first-order chi connectivity index (χ1) is 12.7. The van der Waals surface area contributed by atoms with Gasteiger partial charge in [-0.2, -0.15) is 5.10 Å². The molecule has 1 aromatic heterocycles. The van der Waals surface area contributed by atoms with Crippen molar-refractivity contribution in [2.75, 3.05) is 26.2 Å². The number of piperazine rings is 1. The molecule has 0 atom stereocenters. The third kappa shape index (κ3) is 3.74. The first-order valence-corrected chi connectivity index (χ1v) is 9.69. The molecule has 1 amide bonds. The molecule has 26 heavy (non-hydrogen) atoms. The summed E-state index contributed by atoms with van der Waals surface area (Å²) in [6.45, 7) is 3.93. The highest BCUT2D eigenvalue weighted by Crippen LogP contribution is 2.21. The molecule has 0 unspecified atom stereocenters. The van der Waals surface area contributed by atoms with Crippen molar-refractivity contribution >= 4 is 17.5 Å². The van der Waals surface area contributed by atoms with Gasteiger partial charge in [0.2, 0.25) is 0 Å². The number of aryl methyl sites for hydroxylation is 2. The van der Waals surface area contributed by atoms with Crippen LogP contribution < -0.4 is 0 Å². The zero-order valence-corrected chi connectivity index (χ0v) is 15.6. The third-order valence-electron chi connectivity index (χ3n) is 5.30. The number of amides is 1. The molecule has 5 nitrogen and oxygen atoms in total. The van der Waals surface area contributed by atoms with Crippen molar-refractivity contribution in [1.82, 2.24) is 20.0 Å². The number of benzene rings is 1. The van der Waals surface area contributed by atoms with Crippen LogP contribution in [0.4, 0.5) is 0 Å². The molecular formula is C20H23ClN4O. The number of nitrogens with zero attached hydrogens (tertiary/aromatic N) is 4. The van der Waals surface area contributed by atoms with Crippen LogP contribution in [0.15, 0.2) is 30.3 Å². The smallest absolute Gasteiger partial charge is 0.274 e. The zero-order chi connectivity index (χ0) is 17.9. The molecule has 1 aliphatic carbocycles. The Bertz CT molecular complexity index is 802. The van der Waals surface area contributed by atoms with E-state index in [1.165, 1.54) is 18.4 Å². The maximum atomic E-state index is 12.8. The Labute approximate surface area is 159 Å². The number of halogens is 1. The highest BCUT2D eigenvalue weighted by atomic mass is 35.5. The highest BCUT2D eigenvalue weighted by Gasteiger charge is 2.24. The van der Waals surface area contributed by atoms with E-state index in [0.717, 1.165) is 48.8 Å². The van der Waals surface area contributed by atoms with E-state index >= 15 is 0 Å². The van der Waals surface area contributed by atoms with E-state index in [0.29, 0.717) is 18.8 Å². The first kappa shape index (κ1) is 17.4. The fourth-order valence-corrected chi connectivity index (χ4v) is 3.93. The molecule has 1 aliphatic heterocycles. The van der Waals surface area contributed by atoms with Gasteiger partial charge in [-0.05, 0) is 48.9 Å². The lowest BCUT2D eigenvalue weighted by Crippen LogP contribution is -2.48. The summed E-state index contributed by atoms with van der Waals surface area (Å²) in [6.07, 6.45) is 4.34. The Morgan fingerprint density at radius 3 is 2.62 bits per heavy atom. The second-order valence-electron chi connectivity index (χ2n) is 7.07. The van der Waals surface area contributed by atoms with E-state index in [4.69, 9.17) is 11.6 Å². The lowest BCUT2D eigenvalue weighted by Gasteiger charge is -2.34. The van der Waals surface area contributed by atoms with Gasteiger partial charge in [0.05, 0.1) is 5.69 Å². The van der Waals surface area contributed by atoms with Gasteiger partial charge >= 0.3 is 0 Å². The fourth-order valence-electron chi connectivity index (χ4n) is 3.73. The molecule has 4 rings (SSSR count). The molecular weight excluding hydrogens is 348 g/mol. The van der Waals surface area contributed by atoms with E-state index in [1.807, 2.05) is 29.2 Å². The molecule has 1 aromatic carbocycles. The first-order valence-electron chi connectivity index (χ1n) is 9.31. The summed E-state index contributed by atoms with van der Waals surface area (Å²) in [7, 11) is 0. The number of hydrogen-bond acceptors (Lipinski definition) is 4. The van der Waals surface area contributed by atoms with Crippen molar-refractivity contribution in [3.8, 4) is 0 Å². The SMILES string of the molecule is O=C(c1cc2c(nn1)CCCC2)N1CCN(Cc2ccccc2Cl)CC1. The van der Waals surface area contributed by atoms with Crippen LogP contribution in [0.3, 0.4) is 0 Å². The molecule has 136 valence electrons. The molecule has 2 aliphatic rings. The predicted molar refractivity (Wildman–Crippen MR) is 101 cm³/mol. The Morgan fingerprint density at radius 2 is 1.81 bits per heavy atom. The van der Waals surface area contributed by atoms with Gasteiger partial charge in [-0.25, -0.2) is 0 Å². The topological polar surface area (TPSA) is 49.3 Å². The lowest BCUT2D eigenvalue weighted by molar-refractivity contribution is 0.0621. The van der Waals surface area contributed by atoms with Gasteiger partial charge in [-0.15, -0.1) is 5.10 Å². The molecule has 1 fully saturated rings. The molecule has 2 aromatic rings. The maximum absolute atomic E-state index is 12.8. The Hall–Kier alpha value is -1.98. The van der Waals surface area contributed by atoms with Crippen LogP contribution >= 0.6 is 11.6 Å². The molecule has 0 N–H and O–H groups in total. The van der Waals surface area contributed by atoms with Gasteiger partial charge in [0.25, 0.3) is 5.91 Å². The van der Waals surface area contributed by atoms with Gasteiger partial charge in [-0.1, -0.05) is 29.8 Å². The molecule has 1 saturated heterocycles. The highest BCUT2D eigenvalue weighted by molar-refractivity contribution is 6.31. The predicted octanol–water partition coefficient (Wildman–Crippen LogP) is 2.97. The summed E-state index contributed by atoms with van der Waals surface area (Å²) >= 11 is 6.25. The average molecular weight is 371 g/mol. The lowest BCUT2D eigenvalue weighted by atomic mass is 9.96. The minimum Gasteiger partial charge on any atom is -0.335 e. The van der Waals surface area contributed by atoms with Gasteiger partial charge in [-0.3, -0.25) is 9.69 Å². The number of carbonyl (C=O) groups excluding carboxylic acids is 1. The second-order valence-corrected chi connectivity index (χ2v) is 7.48. The second kappa shape index (κ2) is 7.72. The van der Waals surface area contributed by atoms with Crippen LogP contribution in [0, 0.1) is 0 Å². The van der Waals surface area contributed by atoms with Gasteiger partial charge < -0.3 is 4.90 Å². The van der Waals surface area contributed by atoms with E-state index in [9.17, 15) is 4.79 Å². The summed E-state index contributed by atoms with van der Waals surface area (Å²) in [6, 6.07) is 9.89. The van der Waals surface area contributed by atoms with Gasteiger partial charge in [0, 0.05) is 37.7 Å². The quantitative estimate of drug-likeness (QED) is 0.833. The van der Waals surface area contributed by atoms with E-state index in [-0.39, 0.29) is 5.91 Å². The van der Waals surface area contributed by atoms with Crippen molar-refractivity contribution in [3.05, 3.63) is 57.9 Å². The third-order valence-corrected chi connectivity index (χ3v) is 5.67. The van der Waals surface area contributed by atoms with E-state index < -0.39 is 0 Å². The fraction of sp³-hybridized carbons (Fsp3) is 0.450. The molecule has 0 bridgehead atoms. The van der Waals surface area contributed by atoms with Crippen LogP contribution in [0.25, 0.3) is 0 Å². The van der Waals surface area contributed by atoms with Crippen LogP contribution in [-0.4, -0.2) is 52.1 Å². The molecule has 0 spiro atoms. The molecule has 6 heteroatoms. The molecule has 2 heterocycles.